The van der Waals surface area contributed by atoms with Crippen LogP contribution in [-0.4, -0.2) is 14.5 Å². The minimum atomic E-state index is 0.525. The first-order valence-corrected chi connectivity index (χ1v) is 20.8. The predicted octanol–water partition coefficient (Wildman–Crippen LogP) is 14.8. The molecule has 12 aromatic rings. The molecule has 0 spiro atoms. The lowest BCUT2D eigenvalue weighted by Crippen LogP contribution is -2.14. The second-order valence-electron chi connectivity index (χ2n) is 15.7. The first kappa shape index (κ1) is 35.4. The van der Waals surface area contributed by atoms with Crippen LogP contribution >= 0.6 is 0 Å². The minimum Gasteiger partial charge on any atom is -0.309 e. The van der Waals surface area contributed by atoms with Gasteiger partial charge in [0.05, 0.1) is 34.1 Å². The zero-order valence-electron chi connectivity index (χ0n) is 33.4. The SMILES string of the molecule is N#Cc1ccc(N(c2ccc(-c3ccc4c5c3ccc3cccc(c35)n4-c3ccccc3)cc2)c2nc(-c3cccc4ccccc34)cc(-c3cccc4ccccc34)n2)cc1. The van der Waals surface area contributed by atoms with Crippen molar-refractivity contribution in [2.75, 3.05) is 4.90 Å². The number of nitriles is 1. The van der Waals surface area contributed by atoms with Crippen molar-refractivity contribution in [1.29, 1.82) is 5.26 Å². The second kappa shape index (κ2) is 14.3. The fraction of sp³-hybridized carbons (Fsp3) is 0. The molecule has 0 amide bonds. The lowest BCUT2D eigenvalue weighted by Gasteiger charge is -2.25. The van der Waals surface area contributed by atoms with E-state index in [1.54, 1.807) is 0 Å². The van der Waals surface area contributed by atoms with Gasteiger partial charge in [0.2, 0.25) is 5.95 Å². The molecule has 5 nitrogen and oxygen atoms in total. The Morgan fingerprint density at radius 2 is 0.984 bits per heavy atom. The molecule has 0 aliphatic carbocycles. The third-order valence-corrected chi connectivity index (χ3v) is 12.2. The summed E-state index contributed by atoms with van der Waals surface area (Å²) >= 11 is 0. The number of para-hydroxylation sites is 1. The smallest absolute Gasteiger partial charge is 0.235 e. The molecule has 10 aromatic carbocycles. The van der Waals surface area contributed by atoms with E-state index in [1.165, 1.54) is 38.1 Å². The molecule has 0 fully saturated rings. The monoisotopic (exact) mass is 789 g/mol. The van der Waals surface area contributed by atoms with Crippen molar-refractivity contribution in [2.24, 2.45) is 0 Å². The number of hydrogen-bond donors (Lipinski definition) is 0. The molecular weight excluding hydrogens is 755 g/mol. The van der Waals surface area contributed by atoms with Gasteiger partial charge in [-0.05, 0) is 110 Å². The van der Waals surface area contributed by atoms with Gasteiger partial charge in [-0.3, -0.25) is 4.90 Å². The fourth-order valence-electron chi connectivity index (χ4n) is 9.36. The molecule has 0 saturated carbocycles. The van der Waals surface area contributed by atoms with Crippen LogP contribution in [0.2, 0.25) is 0 Å². The summed E-state index contributed by atoms with van der Waals surface area (Å²) in [5, 5.41) is 19.3. The first-order chi connectivity index (χ1) is 30.7. The van der Waals surface area contributed by atoms with E-state index in [0.717, 1.165) is 66.7 Å². The molecule has 62 heavy (non-hydrogen) atoms. The lowest BCUT2D eigenvalue weighted by molar-refractivity contribution is 1.09. The van der Waals surface area contributed by atoms with E-state index in [2.05, 4.69) is 204 Å². The van der Waals surface area contributed by atoms with Crippen LogP contribution in [0.1, 0.15) is 5.56 Å². The van der Waals surface area contributed by atoms with E-state index in [0.29, 0.717) is 11.5 Å². The van der Waals surface area contributed by atoms with Gasteiger partial charge in [-0.2, -0.15) is 5.26 Å². The second-order valence-corrected chi connectivity index (χ2v) is 15.7. The number of fused-ring (bicyclic) bond motifs is 2. The van der Waals surface area contributed by atoms with Crippen molar-refractivity contribution in [2.45, 2.75) is 0 Å². The van der Waals surface area contributed by atoms with E-state index < -0.39 is 0 Å². The van der Waals surface area contributed by atoms with Gasteiger partial charge in [0.15, 0.2) is 0 Å². The van der Waals surface area contributed by atoms with Crippen LogP contribution in [0.15, 0.2) is 212 Å². The van der Waals surface area contributed by atoms with Crippen molar-refractivity contribution in [1.82, 2.24) is 14.5 Å². The summed E-state index contributed by atoms with van der Waals surface area (Å²) in [6.07, 6.45) is 0. The van der Waals surface area contributed by atoms with Gasteiger partial charge in [-0.15, -0.1) is 0 Å². The standard InChI is InChI=1S/C57H35N5/c58-36-37-23-28-43(29-24-37)61(57-59-51(48-20-8-13-38-11-4-6-18-45(38)48)35-52(60-57)49-21-9-14-39-12-5-7-19-46(39)49)44-30-25-40(26-31-44)47-33-34-54-56-50(47)32-27-41-15-10-22-53(55(41)56)62(54)42-16-2-1-3-17-42/h1-35H. The summed E-state index contributed by atoms with van der Waals surface area (Å²) in [6.45, 7) is 0. The molecule has 0 bridgehead atoms. The van der Waals surface area contributed by atoms with Crippen LogP contribution in [0, 0.1) is 11.3 Å². The quantitative estimate of drug-likeness (QED) is 0.151. The number of benzene rings is 10. The fourth-order valence-corrected chi connectivity index (χ4v) is 9.36. The van der Waals surface area contributed by atoms with Gasteiger partial charge < -0.3 is 4.57 Å². The molecule has 0 N–H and O–H groups in total. The topological polar surface area (TPSA) is 57.7 Å². The normalized spacial score (nSPS) is 11.5. The number of aromatic nitrogens is 3. The van der Waals surface area contributed by atoms with E-state index >= 15 is 0 Å². The molecule has 2 heterocycles. The maximum absolute atomic E-state index is 9.77. The Hall–Kier alpha value is -8.59. The van der Waals surface area contributed by atoms with Gasteiger partial charge in [0, 0.05) is 39.0 Å². The van der Waals surface area contributed by atoms with Gasteiger partial charge >= 0.3 is 0 Å². The summed E-state index contributed by atoms with van der Waals surface area (Å²) in [5.41, 5.74) is 11.8. The van der Waals surface area contributed by atoms with Crippen molar-refractivity contribution in [3.05, 3.63) is 218 Å². The van der Waals surface area contributed by atoms with Crippen molar-refractivity contribution in [3.8, 4) is 45.4 Å². The van der Waals surface area contributed by atoms with Gasteiger partial charge in [-0.1, -0.05) is 146 Å². The summed E-state index contributed by atoms with van der Waals surface area (Å²) < 4.78 is 2.38. The zero-order valence-corrected chi connectivity index (χ0v) is 33.4. The molecule has 2 aromatic heterocycles. The largest absolute Gasteiger partial charge is 0.309 e. The van der Waals surface area contributed by atoms with Crippen LogP contribution in [0.4, 0.5) is 17.3 Å². The molecule has 12 rings (SSSR count). The predicted molar refractivity (Wildman–Crippen MR) is 256 cm³/mol. The minimum absolute atomic E-state index is 0.525. The zero-order chi connectivity index (χ0) is 41.1. The molecule has 0 atom stereocenters. The van der Waals surface area contributed by atoms with E-state index in [9.17, 15) is 5.26 Å². The van der Waals surface area contributed by atoms with Crippen molar-refractivity contribution < 1.29 is 0 Å². The highest BCUT2D eigenvalue weighted by molar-refractivity contribution is 6.26. The Morgan fingerprint density at radius 3 is 1.65 bits per heavy atom. The maximum Gasteiger partial charge on any atom is 0.235 e. The van der Waals surface area contributed by atoms with Crippen molar-refractivity contribution >= 4 is 71.4 Å². The summed E-state index contributed by atoms with van der Waals surface area (Å²) in [7, 11) is 0. The van der Waals surface area contributed by atoms with E-state index in [1.807, 2.05) is 24.3 Å². The summed E-state index contributed by atoms with van der Waals surface area (Å²) in [5.74, 6) is 0.525. The molecule has 0 saturated heterocycles. The van der Waals surface area contributed by atoms with E-state index in [-0.39, 0.29) is 0 Å². The van der Waals surface area contributed by atoms with Crippen LogP contribution in [-0.2, 0) is 0 Å². The van der Waals surface area contributed by atoms with Crippen LogP contribution in [0.5, 0.6) is 0 Å². The number of anilines is 3. The number of nitrogens with zero attached hydrogens (tertiary/aromatic N) is 5. The molecule has 0 radical (unpaired) electrons. The number of rotatable bonds is 7. The Morgan fingerprint density at radius 1 is 0.419 bits per heavy atom. The Kier molecular flexibility index (Phi) is 8.16. The van der Waals surface area contributed by atoms with E-state index in [4.69, 9.17) is 9.97 Å². The molecule has 0 unspecified atom stereocenters. The number of hydrogen-bond acceptors (Lipinski definition) is 4. The molecule has 0 aliphatic heterocycles. The Balaban J connectivity index is 1.05. The van der Waals surface area contributed by atoms with Crippen LogP contribution in [0.3, 0.4) is 0 Å². The van der Waals surface area contributed by atoms with Crippen molar-refractivity contribution in [3.63, 3.8) is 0 Å². The van der Waals surface area contributed by atoms with Crippen LogP contribution in [0.25, 0.3) is 93.5 Å². The average Bonchev–Trinajstić information content (AvgIpc) is 3.69. The van der Waals surface area contributed by atoms with Gasteiger partial charge in [0.25, 0.3) is 0 Å². The highest BCUT2D eigenvalue weighted by Crippen LogP contribution is 2.44. The maximum atomic E-state index is 9.77. The molecule has 288 valence electrons. The lowest BCUT2D eigenvalue weighted by atomic mass is 9.94. The Bertz CT molecular complexity index is 3590. The average molecular weight is 790 g/mol. The molecule has 0 aliphatic rings. The first-order valence-electron chi connectivity index (χ1n) is 20.8. The third kappa shape index (κ3) is 5.70. The van der Waals surface area contributed by atoms with Gasteiger partial charge in [0.1, 0.15) is 0 Å². The highest BCUT2D eigenvalue weighted by Gasteiger charge is 2.22. The third-order valence-electron chi connectivity index (χ3n) is 12.2. The highest BCUT2D eigenvalue weighted by atomic mass is 15.3. The Labute approximate surface area is 358 Å². The molecule has 5 heteroatoms. The summed E-state index contributed by atoms with van der Waals surface area (Å²) in [4.78, 5) is 12.9. The molecular formula is C57H35N5. The summed E-state index contributed by atoms with van der Waals surface area (Å²) in [6, 6.07) is 76.6. The van der Waals surface area contributed by atoms with Gasteiger partial charge in [-0.25, -0.2) is 9.97 Å². The van der Waals surface area contributed by atoms with Crippen LogP contribution < -0.4 is 4.90 Å².